The summed E-state index contributed by atoms with van der Waals surface area (Å²) in [6.07, 6.45) is 0.441. The summed E-state index contributed by atoms with van der Waals surface area (Å²) in [4.78, 5) is 3.73. The molecule has 2 aromatic rings. The van der Waals surface area contributed by atoms with E-state index < -0.39 is 6.10 Å². The molecule has 0 radical (unpaired) electrons. The molecule has 0 aromatic heterocycles. The van der Waals surface area contributed by atoms with Crippen molar-refractivity contribution in [1.29, 1.82) is 0 Å². The van der Waals surface area contributed by atoms with Crippen molar-refractivity contribution in [2.75, 3.05) is 20.6 Å². The first-order valence-corrected chi connectivity index (χ1v) is 8.79. The minimum absolute atomic E-state index is 0. The van der Waals surface area contributed by atoms with Crippen molar-refractivity contribution < 1.29 is 22.4 Å². The molecule has 1 aliphatic rings. The molecule has 0 bridgehead atoms. The molecule has 0 spiro atoms. The van der Waals surface area contributed by atoms with Gasteiger partial charge in [-0.15, -0.1) is 0 Å². The van der Waals surface area contributed by atoms with Crippen LogP contribution >= 0.6 is 23.4 Å². The van der Waals surface area contributed by atoms with E-state index in [-0.39, 0.29) is 18.3 Å². The molecule has 1 heterocycles. The standard InChI is InChI=1S/C18H20ClNOS.ClH/c1-20(2)10-9-14-13-5-3-4-6-16(13)22-17-8-7-12(19)11-15(17)18(14)21;/h3-8,11,14,18,21H,9-10H2,1-2H3;1H. The second kappa shape index (κ2) is 7.91. The molecule has 2 N–H and O–H groups in total. The number of rotatable bonds is 3. The Morgan fingerprint density at radius 3 is 2.52 bits per heavy atom. The molecule has 2 atom stereocenters. The van der Waals surface area contributed by atoms with Gasteiger partial charge in [0.05, 0.1) is 26.7 Å². The lowest BCUT2D eigenvalue weighted by molar-refractivity contribution is -0.858. The Labute approximate surface area is 153 Å². The molecule has 2 unspecified atom stereocenters. The minimum atomic E-state index is -0.510. The fourth-order valence-electron chi connectivity index (χ4n) is 2.99. The Morgan fingerprint density at radius 1 is 1.09 bits per heavy atom. The number of aliphatic hydroxyl groups excluding tert-OH is 1. The molecule has 0 saturated carbocycles. The molecule has 0 fully saturated rings. The third-order valence-corrected chi connectivity index (χ3v) is 5.58. The highest BCUT2D eigenvalue weighted by molar-refractivity contribution is 7.99. The molecule has 0 amide bonds. The number of nitrogens with one attached hydrogen (secondary N) is 1. The Balaban J connectivity index is 0.00000192. The summed E-state index contributed by atoms with van der Waals surface area (Å²) in [5.74, 6) is 0.110. The largest absolute Gasteiger partial charge is 1.00 e. The van der Waals surface area contributed by atoms with Crippen LogP contribution in [0.15, 0.2) is 52.3 Å². The molecule has 23 heavy (non-hydrogen) atoms. The predicted molar refractivity (Wildman–Crippen MR) is 92.0 cm³/mol. The Morgan fingerprint density at radius 2 is 1.78 bits per heavy atom. The van der Waals surface area contributed by atoms with Crippen LogP contribution in [0.4, 0.5) is 0 Å². The van der Waals surface area contributed by atoms with Crippen LogP contribution < -0.4 is 17.3 Å². The van der Waals surface area contributed by atoms with Gasteiger partial charge in [-0.25, -0.2) is 0 Å². The number of benzene rings is 2. The number of quaternary nitrogens is 1. The average Bonchev–Trinajstić information content (AvgIpc) is 2.60. The molecule has 3 rings (SSSR count). The number of hydrogen-bond acceptors (Lipinski definition) is 2. The number of fused-ring (bicyclic) bond motifs is 2. The van der Waals surface area contributed by atoms with Gasteiger partial charge in [0.25, 0.3) is 0 Å². The van der Waals surface area contributed by atoms with Crippen molar-refractivity contribution in [3.05, 3.63) is 58.6 Å². The zero-order chi connectivity index (χ0) is 15.7. The lowest BCUT2D eigenvalue weighted by atomic mass is 9.86. The third kappa shape index (κ3) is 4.04. The van der Waals surface area contributed by atoms with Crippen molar-refractivity contribution in [1.82, 2.24) is 0 Å². The number of hydrogen-bond donors (Lipinski definition) is 2. The fraction of sp³-hybridized carbons (Fsp3) is 0.333. The van der Waals surface area contributed by atoms with Gasteiger partial charge in [-0.3, -0.25) is 0 Å². The molecular formula is C18H21Cl2NOS. The number of halogens is 2. The van der Waals surface area contributed by atoms with E-state index in [1.54, 1.807) is 11.8 Å². The van der Waals surface area contributed by atoms with E-state index in [0.29, 0.717) is 5.02 Å². The van der Waals surface area contributed by atoms with E-state index in [9.17, 15) is 5.11 Å². The monoisotopic (exact) mass is 369 g/mol. The zero-order valence-corrected chi connectivity index (χ0v) is 15.6. The molecule has 2 nitrogen and oxygen atoms in total. The van der Waals surface area contributed by atoms with Gasteiger partial charge in [-0.05, 0) is 35.4 Å². The van der Waals surface area contributed by atoms with Crippen molar-refractivity contribution in [3.8, 4) is 0 Å². The number of aliphatic hydroxyl groups is 1. The van der Waals surface area contributed by atoms with Gasteiger partial charge in [0, 0.05) is 27.2 Å². The van der Waals surface area contributed by atoms with Crippen LogP contribution in [0.2, 0.25) is 5.02 Å². The minimum Gasteiger partial charge on any atom is -1.00 e. The maximum absolute atomic E-state index is 11.0. The Hall–Kier alpha value is -0.710. The van der Waals surface area contributed by atoms with Crippen LogP contribution in [0, 0.1) is 0 Å². The molecule has 0 saturated heterocycles. The SMILES string of the molecule is C[NH+](C)CCC1c2ccccc2Sc2ccc(Cl)cc2C1O.[Cl-]. The lowest BCUT2D eigenvalue weighted by Gasteiger charge is -2.24. The topological polar surface area (TPSA) is 24.7 Å². The molecule has 5 heteroatoms. The maximum Gasteiger partial charge on any atom is 0.0872 e. The second-order valence-electron chi connectivity index (χ2n) is 6.12. The van der Waals surface area contributed by atoms with Gasteiger partial charge in [0.15, 0.2) is 0 Å². The first kappa shape index (κ1) is 18.6. The molecular weight excluding hydrogens is 349 g/mol. The fourth-order valence-corrected chi connectivity index (χ4v) is 4.32. The van der Waals surface area contributed by atoms with Gasteiger partial charge < -0.3 is 22.4 Å². The molecule has 124 valence electrons. The van der Waals surface area contributed by atoms with E-state index in [0.717, 1.165) is 23.4 Å². The smallest absolute Gasteiger partial charge is 0.0872 e. The summed E-state index contributed by atoms with van der Waals surface area (Å²) in [7, 11) is 4.29. The van der Waals surface area contributed by atoms with E-state index in [1.807, 2.05) is 18.2 Å². The second-order valence-corrected chi connectivity index (χ2v) is 7.64. The highest BCUT2D eigenvalue weighted by atomic mass is 35.5. The average molecular weight is 370 g/mol. The maximum atomic E-state index is 11.0. The van der Waals surface area contributed by atoms with E-state index in [1.165, 1.54) is 15.4 Å². The van der Waals surface area contributed by atoms with Crippen LogP contribution in [0.5, 0.6) is 0 Å². The lowest BCUT2D eigenvalue weighted by Crippen LogP contribution is -3.05. The van der Waals surface area contributed by atoms with Crippen LogP contribution in [0.1, 0.15) is 29.6 Å². The third-order valence-electron chi connectivity index (χ3n) is 4.17. The van der Waals surface area contributed by atoms with Gasteiger partial charge >= 0.3 is 0 Å². The van der Waals surface area contributed by atoms with Gasteiger partial charge in [-0.1, -0.05) is 41.6 Å². The summed E-state index contributed by atoms with van der Waals surface area (Å²) in [6.45, 7) is 1.02. The van der Waals surface area contributed by atoms with Crippen LogP contribution in [-0.4, -0.2) is 25.7 Å². The van der Waals surface area contributed by atoms with Crippen molar-refractivity contribution in [3.63, 3.8) is 0 Å². The summed E-state index contributed by atoms with van der Waals surface area (Å²) in [6, 6.07) is 14.2. The quantitative estimate of drug-likeness (QED) is 0.805. The van der Waals surface area contributed by atoms with Crippen LogP contribution in [0.25, 0.3) is 0 Å². The Kier molecular flexibility index (Phi) is 6.40. The molecule has 1 aliphatic heterocycles. The summed E-state index contributed by atoms with van der Waals surface area (Å²) < 4.78 is 0. The molecule has 0 aliphatic carbocycles. The summed E-state index contributed by atoms with van der Waals surface area (Å²) >= 11 is 7.89. The van der Waals surface area contributed by atoms with Gasteiger partial charge in [-0.2, -0.15) is 0 Å². The van der Waals surface area contributed by atoms with Crippen LogP contribution in [-0.2, 0) is 0 Å². The predicted octanol–water partition coefficient (Wildman–Crippen LogP) is 0.160. The van der Waals surface area contributed by atoms with Crippen molar-refractivity contribution >= 4 is 23.4 Å². The van der Waals surface area contributed by atoms with Crippen LogP contribution in [0.3, 0.4) is 0 Å². The normalized spacial score (nSPS) is 19.5. The van der Waals surface area contributed by atoms with E-state index >= 15 is 0 Å². The summed E-state index contributed by atoms with van der Waals surface area (Å²) in [5.41, 5.74) is 2.20. The molecule has 2 aromatic carbocycles. The first-order valence-electron chi connectivity index (χ1n) is 7.59. The highest BCUT2D eigenvalue weighted by Crippen LogP contribution is 2.47. The van der Waals surface area contributed by atoms with Gasteiger partial charge in [0.2, 0.25) is 0 Å². The Bertz CT molecular complexity index is 678. The van der Waals surface area contributed by atoms with E-state index in [2.05, 4.69) is 38.4 Å². The zero-order valence-electron chi connectivity index (χ0n) is 13.2. The summed E-state index contributed by atoms with van der Waals surface area (Å²) in [5, 5.41) is 11.7. The first-order chi connectivity index (χ1) is 10.6. The van der Waals surface area contributed by atoms with Crippen molar-refractivity contribution in [2.24, 2.45) is 0 Å². The van der Waals surface area contributed by atoms with Gasteiger partial charge in [0.1, 0.15) is 0 Å². The van der Waals surface area contributed by atoms with Crippen molar-refractivity contribution in [2.45, 2.75) is 28.2 Å². The van der Waals surface area contributed by atoms with E-state index in [4.69, 9.17) is 11.6 Å². The highest BCUT2D eigenvalue weighted by Gasteiger charge is 2.30.